The van der Waals surface area contributed by atoms with Crippen LogP contribution < -0.4 is 15.4 Å². The molecule has 2 N–H and O–H groups in total. The van der Waals surface area contributed by atoms with Crippen molar-refractivity contribution < 1.29 is 22.7 Å². The van der Waals surface area contributed by atoms with Gasteiger partial charge in [-0.15, -0.1) is 0 Å². The zero-order valence-electron chi connectivity index (χ0n) is 16.1. The smallest absolute Gasteiger partial charge is 0.416 e. The van der Waals surface area contributed by atoms with Crippen molar-refractivity contribution in [1.29, 1.82) is 5.26 Å². The van der Waals surface area contributed by atoms with E-state index in [4.69, 9.17) is 4.74 Å². The van der Waals surface area contributed by atoms with E-state index < -0.39 is 11.7 Å². The summed E-state index contributed by atoms with van der Waals surface area (Å²) < 4.78 is 44.7. The first-order valence-corrected chi connectivity index (χ1v) is 8.94. The van der Waals surface area contributed by atoms with E-state index in [2.05, 4.69) is 15.6 Å². The summed E-state index contributed by atoms with van der Waals surface area (Å²) in [5, 5.41) is 15.5. The number of alkyl halides is 3. The van der Waals surface area contributed by atoms with E-state index >= 15 is 0 Å². The number of carbonyl (C=O) groups is 1. The Hall–Kier alpha value is -3.80. The predicted octanol–water partition coefficient (Wildman–Crippen LogP) is 5.23. The molecule has 0 unspecified atom stereocenters. The fraction of sp³-hybridized carbons (Fsp3) is 0.190. The number of aromatic nitrogens is 1. The first kappa shape index (κ1) is 20.9. The average molecular weight is 414 g/mol. The predicted molar refractivity (Wildman–Crippen MR) is 107 cm³/mol. The summed E-state index contributed by atoms with van der Waals surface area (Å²) in [5.74, 6) is 0.0644. The van der Waals surface area contributed by atoms with Crippen LogP contribution in [0.5, 0.6) is 5.75 Å². The summed E-state index contributed by atoms with van der Waals surface area (Å²) in [6, 6.07) is 9.82. The van der Waals surface area contributed by atoms with E-state index in [1.54, 1.807) is 19.1 Å². The summed E-state index contributed by atoms with van der Waals surface area (Å²) in [5.41, 5.74) is 0.557. The summed E-state index contributed by atoms with van der Waals surface area (Å²) in [4.78, 5) is 15.8. The Morgan fingerprint density at radius 1 is 1.27 bits per heavy atom. The summed E-state index contributed by atoms with van der Waals surface area (Å²) in [6.07, 6.45) is -3.17. The quantitative estimate of drug-likeness (QED) is 0.597. The molecule has 30 heavy (non-hydrogen) atoms. The molecule has 0 bridgehead atoms. The number of fused-ring (bicyclic) bond motifs is 1. The molecular weight excluding hydrogens is 397 g/mol. The summed E-state index contributed by atoms with van der Waals surface area (Å²) in [6.45, 7) is 3.48. The van der Waals surface area contributed by atoms with E-state index in [1.807, 2.05) is 6.07 Å². The molecule has 0 saturated carbocycles. The molecule has 1 heterocycles. The third kappa shape index (κ3) is 4.43. The number of rotatable bonds is 5. The average Bonchev–Trinajstić information content (AvgIpc) is 2.68. The number of halogens is 3. The molecular formula is C21H17F3N4O2. The first-order chi connectivity index (χ1) is 14.2. The molecule has 0 aliphatic heterocycles. The summed E-state index contributed by atoms with van der Waals surface area (Å²) in [7, 11) is 0. The van der Waals surface area contributed by atoms with Gasteiger partial charge >= 0.3 is 6.18 Å². The molecule has 0 radical (unpaired) electrons. The van der Waals surface area contributed by atoms with Crippen molar-refractivity contribution in [3.63, 3.8) is 0 Å². The number of nitriles is 1. The van der Waals surface area contributed by atoms with Gasteiger partial charge in [-0.1, -0.05) is 6.07 Å². The highest BCUT2D eigenvalue weighted by Crippen LogP contribution is 2.37. The minimum absolute atomic E-state index is 0.137. The third-order valence-electron chi connectivity index (χ3n) is 4.16. The number of amides is 1. The molecule has 154 valence electrons. The van der Waals surface area contributed by atoms with E-state index in [9.17, 15) is 23.2 Å². The lowest BCUT2D eigenvalue weighted by atomic mass is 10.1. The third-order valence-corrected chi connectivity index (χ3v) is 4.16. The van der Waals surface area contributed by atoms with Crippen LogP contribution in [0, 0.1) is 11.3 Å². The van der Waals surface area contributed by atoms with Crippen LogP contribution in [0.3, 0.4) is 0 Å². The number of nitrogens with one attached hydrogen (secondary N) is 2. The highest BCUT2D eigenvalue weighted by molar-refractivity contribution is 6.01. The van der Waals surface area contributed by atoms with Crippen LogP contribution in [0.2, 0.25) is 0 Å². The molecule has 3 aromatic rings. The van der Waals surface area contributed by atoms with Crippen molar-refractivity contribution in [2.24, 2.45) is 0 Å². The van der Waals surface area contributed by atoms with Crippen molar-refractivity contribution in [1.82, 2.24) is 4.98 Å². The van der Waals surface area contributed by atoms with Crippen molar-refractivity contribution in [2.45, 2.75) is 20.0 Å². The van der Waals surface area contributed by atoms with Gasteiger partial charge in [0.05, 0.1) is 34.6 Å². The maximum absolute atomic E-state index is 13.1. The monoisotopic (exact) mass is 414 g/mol. The van der Waals surface area contributed by atoms with Gasteiger partial charge in [-0.3, -0.25) is 9.78 Å². The largest absolute Gasteiger partial charge is 0.492 e. The molecule has 0 fully saturated rings. The fourth-order valence-corrected chi connectivity index (χ4v) is 2.92. The highest BCUT2D eigenvalue weighted by Gasteiger charge is 2.30. The van der Waals surface area contributed by atoms with Gasteiger partial charge in [0.25, 0.3) is 0 Å². The highest BCUT2D eigenvalue weighted by atomic mass is 19.4. The number of nitrogens with zero attached hydrogens (tertiary/aromatic N) is 2. The first-order valence-electron chi connectivity index (χ1n) is 8.94. The normalized spacial score (nSPS) is 11.1. The van der Waals surface area contributed by atoms with Crippen LogP contribution in [-0.4, -0.2) is 17.5 Å². The molecule has 3 rings (SSSR count). The lowest BCUT2D eigenvalue weighted by molar-refractivity contribution is -0.137. The zero-order valence-corrected chi connectivity index (χ0v) is 16.1. The number of hydrogen-bond acceptors (Lipinski definition) is 5. The molecule has 6 nitrogen and oxygen atoms in total. The lowest BCUT2D eigenvalue weighted by Crippen LogP contribution is -2.08. The number of pyridine rings is 1. The van der Waals surface area contributed by atoms with Crippen molar-refractivity contribution in [2.75, 3.05) is 17.2 Å². The Kier molecular flexibility index (Phi) is 5.78. The van der Waals surface area contributed by atoms with Gasteiger partial charge in [-0.25, -0.2) is 0 Å². The standard InChI is InChI=1S/C21H17F3N4O2/c1-3-30-19-9-17-16(8-18(19)27-12(2)29)20(13(10-25)11-26-17)28-15-6-4-5-14(7-15)21(22,23)24/h4-9,11H,3H2,1-2H3,(H,26,28)(H,27,29). The van der Waals surface area contributed by atoms with Crippen LogP contribution in [-0.2, 0) is 11.0 Å². The molecule has 9 heteroatoms. The van der Waals surface area contributed by atoms with E-state index in [0.717, 1.165) is 12.1 Å². The van der Waals surface area contributed by atoms with Gasteiger partial charge < -0.3 is 15.4 Å². The Labute approximate surface area is 170 Å². The van der Waals surface area contributed by atoms with Crippen molar-refractivity contribution in [3.05, 3.63) is 53.7 Å². The molecule has 1 amide bonds. The Balaban J connectivity index is 2.17. The molecule has 0 aliphatic rings. The van der Waals surface area contributed by atoms with Gasteiger partial charge in [0.2, 0.25) is 5.91 Å². The van der Waals surface area contributed by atoms with Crippen LogP contribution in [0.1, 0.15) is 25.0 Å². The summed E-state index contributed by atoms with van der Waals surface area (Å²) >= 11 is 0. The van der Waals surface area contributed by atoms with Gasteiger partial charge in [0, 0.05) is 30.3 Å². The lowest BCUT2D eigenvalue weighted by Gasteiger charge is -2.16. The van der Waals surface area contributed by atoms with Crippen molar-refractivity contribution >= 4 is 33.9 Å². The van der Waals surface area contributed by atoms with Gasteiger partial charge in [0.15, 0.2) is 0 Å². The molecule has 0 atom stereocenters. The molecule has 1 aromatic heterocycles. The van der Waals surface area contributed by atoms with Crippen LogP contribution in [0.25, 0.3) is 10.9 Å². The number of hydrogen-bond donors (Lipinski definition) is 2. The second kappa shape index (κ2) is 8.29. The zero-order chi connectivity index (χ0) is 21.9. The molecule has 0 saturated heterocycles. The SMILES string of the molecule is CCOc1cc2ncc(C#N)c(Nc3cccc(C(F)(F)F)c3)c2cc1NC(C)=O. The van der Waals surface area contributed by atoms with Gasteiger partial charge in [-0.2, -0.15) is 18.4 Å². The topological polar surface area (TPSA) is 87.0 Å². The maximum Gasteiger partial charge on any atom is 0.416 e. The van der Waals surface area contributed by atoms with E-state index in [0.29, 0.717) is 28.9 Å². The minimum atomic E-state index is -4.50. The Bertz CT molecular complexity index is 1150. The van der Waals surface area contributed by atoms with Crippen LogP contribution >= 0.6 is 0 Å². The maximum atomic E-state index is 13.1. The number of carbonyl (C=O) groups excluding carboxylic acids is 1. The van der Waals surface area contributed by atoms with Crippen LogP contribution in [0.15, 0.2) is 42.6 Å². The van der Waals surface area contributed by atoms with Crippen molar-refractivity contribution in [3.8, 4) is 11.8 Å². The minimum Gasteiger partial charge on any atom is -0.492 e. The van der Waals surface area contributed by atoms with E-state index in [-0.39, 0.29) is 22.8 Å². The van der Waals surface area contributed by atoms with Crippen LogP contribution in [0.4, 0.5) is 30.2 Å². The Morgan fingerprint density at radius 3 is 2.67 bits per heavy atom. The van der Waals surface area contributed by atoms with Gasteiger partial charge in [0.1, 0.15) is 11.8 Å². The fourth-order valence-electron chi connectivity index (χ4n) is 2.92. The molecule has 0 aliphatic carbocycles. The number of ether oxygens (including phenoxy) is 1. The molecule has 2 aromatic carbocycles. The van der Waals surface area contributed by atoms with Gasteiger partial charge in [-0.05, 0) is 31.2 Å². The number of anilines is 3. The second-order valence-corrected chi connectivity index (χ2v) is 6.34. The number of benzene rings is 2. The Morgan fingerprint density at radius 2 is 2.03 bits per heavy atom. The van der Waals surface area contributed by atoms with E-state index in [1.165, 1.54) is 25.3 Å². The molecule has 0 spiro atoms. The second-order valence-electron chi connectivity index (χ2n) is 6.34.